The van der Waals surface area contributed by atoms with Gasteiger partial charge < -0.3 is 5.73 Å². The number of rotatable bonds is 0. The summed E-state index contributed by atoms with van der Waals surface area (Å²) in [6.07, 6.45) is 0. The molecule has 0 aliphatic carbocycles. The molecule has 0 saturated heterocycles. The van der Waals surface area contributed by atoms with Gasteiger partial charge in [-0.15, -0.1) is 11.3 Å². The van der Waals surface area contributed by atoms with E-state index in [1.807, 2.05) is 25.1 Å². The predicted molar refractivity (Wildman–Crippen MR) is 55.7 cm³/mol. The van der Waals surface area contributed by atoms with Crippen molar-refractivity contribution in [3.63, 3.8) is 0 Å². The first-order valence-corrected chi connectivity index (χ1v) is 4.73. The molecule has 0 spiro atoms. The Hall–Kier alpha value is -1.53. The molecule has 3 heteroatoms. The number of thiophene rings is 1. The predicted octanol–water partition coefficient (Wildman–Crippen LogP) is 2.66. The lowest BCUT2D eigenvalue weighted by atomic mass is 10.1. The molecule has 0 aliphatic rings. The maximum absolute atomic E-state index is 8.82. The summed E-state index contributed by atoms with van der Waals surface area (Å²) in [5, 5.41) is 9.92. The second kappa shape index (κ2) is 2.75. The molecule has 0 aliphatic heterocycles. The quantitative estimate of drug-likeness (QED) is 0.646. The van der Waals surface area contributed by atoms with Crippen LogP contribution in [0.3, 0.4) is 0 Å². The monoisotopic (exact) mass is 188 g/mol. The van der Waals surface area contributed by atoms with Crippen molar-refractivity contribution < 1.29 is 0 Å². The zero-order valence-corrected chi connectivity index (χ0v) is 7.98. The van der Waals surface area contributed by atoms with Crippen LogP contribution in [0.1, 0.15) is 10.4 Å². The third-order valence-electron chi connectivity index (χ3n) is 2.06. The van der Waals surface area contributed by atoms with E-state index < -0.39 is 0 Å². The highest BCUT2D eigenvalue weighted by molar-refractivity contribution is 7.19. The van der Waals surface area contributed by atoms with Gasteiger partial charge in [-0.05, 0) is 36.1 Å². The maximum Gasteiger partial charge on any atom is 0.110 e. The summed E-state index contributed by atoms with van der Waals surface area (Å²) in [4.78, 5) is 0.778. The van der Waals surface area contributed by atoms with Gasteiger partial charge in [-0.3, -0.25) is 0 Å². The molecule has 2 rings (SSSR count). The number of hydrogen-bond donors (Lipinski definition) is 1. The molecule has 0 fully saturated rings. The van der Waals surface area contributed by atoms with E-state index in [1.165, 1.54) is 11.3 Å². The summed E-state index contributed by atoms with van der Waals surface area (Å²) in [6.45, 7) is 1.96. The molecular formula is C10H8N2S. The van der Waals surface area contributed by atoms with Crippen LogP contribution in [-0.2, 0) is 0 Å². The van der Waals surface area contributed by atoms with Crippen molar-refractivity contribution in [2.24, 2.45) is 0 Å². The first kappa shape index (κ1) is 8.09. The van der Waals surface area contributed by atoms with E-state index >= 15 is 0 Å². The number of aryl methyl sites for hydroxylation is 1. The summed E-state index contributed by atoms with van der Waals surface area (Å²) in [5.74, 6) is 0. The zero-order valence-electron chi connectivity index (χ0n) is 7.16. The van der Waals surface area contributed by atoms with E-state index in [0.29, 0.717) is 0 Å². The summed E-state index contributed by atoms with van der Waals surface area (Å²) >= 11 is 1.52. The molecule has 1 aromatic heterocycles. The molecule has 0 atom stereocenters. The molecule has 1 aromatic carbocycles. The molecule has 2 aromatic rings. The van der Waals surface area contributed by atoms with Gasteiger partial charge in [-0.2, -0.15) is 5.26 Å². The average Bonchev–Trinajstić information content (AvgIpc) is 2.44. The largest absolute Gasteiger partial charge is 0.399 e. The molecular weight excluding hydrogens is 180 g/mol. The van der Waals surface area contributed by atoms with Crippen LogP contribution in [0.5, 0.6) is 0 Å². The lowest BCUT2D eigenvalue weighted by Gasteiger charge is -1.93. The van der Waals surface area contributed by atoms with Crippen LogP contribution in [0.2, 0.25) is 0 Å². The van der Waals surface area contributed by atoms with Gasteiger partial charge in [0.1, 0.15) is 10.9 Å². The van der Waals surface area contributed by atoms with Crippen LogP contribution < -0.4 is 5.73 Å². The number of benzene rings is 1. The Morgan fingerprint density at radius 3 is 2.92 bits per heavy atom. The third-order valence-corrected chi connectivity index (χ3v) is 3.24. The molecule has 1 heterocycles. The van der Waals surface area contributed by atoms with E-state index in [1.54, 1.807) is 0 Å². The maximum atomic E-state index is 8.82. The Labute approximate surface area is 80.2 Å². The number of anilines is 1. The Kier molecular flexibility index (Phi) is 1.71. The van der Waals surface area contributed by atoms with Crippen molar-refractivity contribution in [1.29, 1.82) is 5.26 Å². The van der Waals surface area contributed by atoms with Gasteiger partial charge in [0.25, 0.3) is 0 Å². The Bertz CT molecular complexity index is 505. The van der Waals surface area contributed by atoms with Crippen LogP contribution in [0.4, 0.5) is 5.69 Å². The molecule has 0 radical (unpaired) electrons. The fourth-order valence-electron chi connectivity index (χ4n) is 1.35. The lowest BCUT2D eigenvalue weighted by Crippen LogP contribution is -1.82. The van der Waals surface area contributed by atoms with Crippen molar-refractivity contribution in [2.75, 3.05) is 5.73 Å². The summed E-state index contributed by atoms with van der Waals surface area (Å²) in [6, 6.07) is 7.92. The first-order chi connectivity index (χ1) is 6.22. The highest BCUT2D eigenvalue weighted by atomic mass is 32.1. The molecule has 0 bridgehead atoms. The van der Waals surface area contributed by atoms with Gasteiger partial charge in [0.05, 0.1) is 0 Å². The van der Waals surface area contributed by atoms with Gasteiger partial charge in [-0.1, -0.05) is 0 Å². The average molecular weight is 188 g/mol. The van der Waals surface area contributed by atoms with E-state index in [0.717, 1.165) is 26.2 Å². The normalized spacial score (nSPS) is 10.2. The molecule has 13 heavy (non-hydrogen) atoms. The number of hydrogen-bond acceptors (Lipinski definition) is 3. The van der Waals surface area contributed by atoms with E-state index in [4.69, 9.17) is 11.0 Å². The second-order valence-electron chi connectivity index (χ2n) is 2.92. The van der Waals surface area contributed by atoms with Crippen molar-refractivity contribution >= 4 is 27.1 Å². The number of nitrogens with two attached hydrogens (primary N) is 1. The zero-order chi connectivity index (χ0) is 9.42. The number of nitrogens with zero attached hydrogens (tertiary/aromatic N) is 1. The lowest BCUT2D eigenvalue weighted by molar-refractivity contribution is 1.48. The Balaban J connectivity index is 2.87. The standard InChI is InChI=1S/C10H8N2S/c1-6-8-4-7(12)2-3-9(8)13-10(6)5-11/h2-4H,12H2,1H3. The minimum absolute atomic E-state index is 0.748. The van der Waals surface area contributed by atoms with Crippen LogP contribution in [0, 0.1) is 18.3 Å². The van der Waals surface area contributed by atoms with Crippen LogP contribution in [0.25, 0.3) is 10.1 Å². The minimum Gasteiger partial charge on any atom is -0.399 e. The van der Waals surface area contributed by atoms with E-state index in [-0.39, 0.29) is 0 Å². The van der Waals surface area contributed by atoms with Gasteiger partial charge >= 0.3 is 0 Å². The smallest absolute Gasteiger partial charge is 0.110 e. The molecule has 0 amide bonds. The fraction of sp³-hybridized carbons (Fsp3) is 0.100. The fourth-order valence-corrected chi connectivity index (χ4v) is 2.33. The van der Waals surface area contributed by atoms with Crippen LogP contribution >= 0.6 is 11.3 Å². The molecule has 0 saturated carbocycles. The van der Waals surface area contributed by atoms with Crippen LogP contribution in [0.15, 0.2) is 18.2 Å². The topological polar surface area (TPSA) is 49.8 Å². The van der Waals surface area contributed by atoms with Crippen molar-refractivity contribution in [1.82, 2.24) is 0 Å². The summed E-state index contributed by atoms with van der Waals surface area (Å²) in [7, 11) is 0. The summed E-state index contributed by atoms with van der Waals surface area (Å²) < 4.78 is 1.13. The van der Waals surface area contributed by atoms with Gasteiger partial charge in [-0.25, -0.2) is 0 Å². The van der Waals surface area contributed by atoms with E-state index in [9.17, 15) is 0 Å². The summed E-state index contributed by atoms with van der Waals surface area (Å²) in [5.41, 5.74) is 7.45. The van der Waals surface area contributed by atoms with Gasteiger partial charge in [0.15, 0.2) is 0 Å². The Morgan fingerprint density at radius 1 is 1.46 bits per heavy atom. The minimum atomic E-state index is 0.748. The third kappa shape index (κ3) is 1.16. The van der Waals surface area contributed by atoms with Crippen molar-refractivity contribution in [2.45, 2.75) is 6.92 Å². The molecule has 2 N–H and O–H groups in total. The van der Waals surface area contributed by atoms with Gasteiger partial charge in [0, 0.05) is 10.4 Å². The van der Waals surface area contributed by atoms with Crippen molar-refractivity contribution in [3.8, 4) is 6.07 Å². The van der Waals surface area contributed by atoms with Gasteiger partial charge in [0.2, 0.25) is 0 Å². The molecule has 2 nitrogen and oxygen atoms in total. The number of nitrogen functional groups attached to an aromatic ring is 1. The Morgan fingerprint density at radius 2 is 2.23 bits per heavy atom. The number of fused-ring (bicyclic) bond motifs is 1. The SMILES string of the molecule is Cc1c(C#N)sc2ccc(N)cc12. The van der Waals surface area contributed by atoms with Crippen molar-refractivity contribution in [3.05, 3.63) is 28.6 Å². The molecule has 64 valence electrons. The molecule has 0 unspecified atom stereocenters. The van der Waals surface area contributed by atoms with Crippen LogP contribution in [-0.4, -0.2) is 0 Å². The van der Waals surface area contributed by atoms with E-state index in [2.05, 4.69) is 6.07 Å². The second-order valence-corrected chi connectivity index (χ2v) is 3.98. The number of nitriles is 1. The first-order valence-electron chi connectivity index (χ1n) is 3.91. The highest BCUT2D eigenvalue weighted by Crippen LogP contribution is 2.31. The highest BCUT2D eigenvalue weighted by Gasteiger charge is 2.06.